The number of amides is 1. The molecule has 2 heterocycles. The summed E-state index contributed by atoms with van der Waals surface area (Å²) in [5.41, 5.74) is 6.35. The van der Waals surface area contributed by atoms with Crippen LogP contribution in [0.3, 0.4) is 0 Å². The Morgan fingerprint density at radius 3 is 2.64 bits per heavy atom. The van der Waals surface area contributed by atoms with E-state index in [1.807, 2.05) is 4.90 Å². The average Bonchev–Trinajstić information content (AvgIpc) is 2.97. The van der Waals surface area contributed by atoms with Gasteiger partial charge in [0, 0.05) is 37.8 Å². The van der Waals surface area contributed by atoms with Gasteiger partial charge in [-0.05, 0) is 12.5 Å². The highest BCUT2D eigenvalue weighted by atomic mass is 19.1. The standard InChI is InChI=1S/C16H22FN3O2/c17-14-4-2-1-3-13(14)15(19-7-9-22-10-8-19)16(21)20-6-5-12(18)11-20/h1-4,12,15H,5-11,18H2. The SMILES string of the molecule is NC1CCN(C(=O)C(c2ccccc2F)N2CCOCC2)C1. The number of benzene rings is 1. The van der Waals surface area contributed by atoms with E-state index in [2.05, 4.69) is 0 Å². The van der Waals surface area contributed by atoms with Crippen LogP contribution in [0.1, 0.15) is 18.0 Å². The Labute approximate surface area is 129 Å². The third kappa shape index (κ3) is 3.14. The van der Waals surface area contributed by atoms with Crippen molar-refractivity contribution in [2.75, 3.05) is 39.4 Å². The summed E-state index contributed by atoms with van der Waals surface area (Å²) in [5.74, 6) is -0.393. The van der Waals surface area contributed by atoms with E-state index in [1.165, 1.54) is 6.07 Å². The molecule has 120 valence electrons. The monoisotopic (exact) mass is 307 g/mol. The van der Waals surface area contributed by atoms with Crippen LogP contribution in [0, 0.1) is 5.82 Å². The summed E-state index contributed by atoms with van der Waals surface area (Å²) in [6, 6.07) is 5.96. The molecular weight excluding hydrogens is 285 g/mol. The molecule has 1 aromatic rings. The van der Waals surface area contributed by atoms with Crippen molar-refractivity contribution in [3.05, 3.63) is 35.6 Å². The van der Waals surface area contributed by atoms with E-state index in [4.69, 9.17) is 10.5 Å². The Balaban J connectivity index is 1.88. The Bertz CT molecular complexity index is 534. The topological polar surface area (TPSA) is 58.8 Å². The molecule has 0 aliphatic carbocycles. The Morgan fingerprint density at radius 2 is 2.00 bits per heavy atom. The minimum Gasteiger partial charge on any atom is -0.379 e. The fourth-order valence-electron chi connectivity index (χ4n) is 3.18. The van der Waals surface area contributed by atoms with Crippen LogP contribution in [0.2, 0.25) is 0 Å². The van der Waals surface area contributed by atoms with Crippen molar-refractivity contribution < 1.29 is 13.9 Å². The normalized spacial score (nSPS) is 24.5. The lowest BCUT2D eigenvalue weighted by atomic mass is 10.0. The molecule has 5 nitrogen and oxygen atoms in total. The predicted octanol–water partition coefficient (Wildman–Crippen LogP) is 0.759. The van der Waals surface area contributed by atoms with Gasteiger partial charge >= 0.3 is 0 Å². The van der Waals surface area contributed by atoms with Crippen LogP contribution in [0.15, 0.2) is 24.3 Å². The molecule has 0 spiro atoms. The Morgan fingerprint density at radius 1 is 1.27 bits per heavy atom. The van der Waals surface area contributed by atoms with E-state index >= 15 is 0 Å². The van der Waals surface area contributed by atoms with Crippen molar-refractivity contribution in [3.63, 3.8) is 0 Å². The van der Waals surface area contributed by atoms with Gasteiger partial charge in [0.2, 0.25) is 5.91 Å². The lowest BCUT2D eigenvalue weighted by Crippen LogP contribution is -2.47. The molecule has 2 fully saturated rings. The van der Waals surface area contributed by atoms with E-state index in [0.717, 1.165) is 6.42 Å². The van der Waals surface area contributed by atoms with E-state index in [9.17, 15) is 9.18 Å². The van der Waals surface area contributed by atoms with E-state index in [-0.39, 0.29) is 17.8 Å². The quantitative estimate of drug-likeness (QED) is 0.896. The zero-order valence-electron chi connectivity index (χ0n) is 12.6. The molecule has 22 heavy (non-hydrogen) atoms. The van der Waals surface area contributed by atoms with Crippen LogP contribution in [-0.4, -0.2) is 61.1 Å². The smallest absolute Gasteiger partial charge is 0.244 e. The summed E-state index contributed by atoms with van der Waals surface area (Å²) in [6.45, 7) is 3.59. The van der Waals surface area contributed by atoms with Gasteiger partial charge in [0.15, 0.2) is 0 Å². The van der Waals surface area contributed by atoms with Crippen molar-refractivity contribution in [1.82, 2.24) is 9.80 Å². The van der Waals surface area contributed by atoms with Crippen LogP contribution in [0.25, 0.3) is 0 Å². The largest absolute Gasteiger partial charge is 0.379 e. The summed E-state index contributed by atoms with van der Waals surface area (Å²) < 4.78 is 19.6. The maximum Gasteiger partial charge on any atom is 0.244 e. The second kappa shape index (κ2) is 6.73. The molecule has 2 N–H and O–H groups in total. The minimum absolute atomic E-state index is 0.0231. The molecule has 1 amide bonds. The van der Waals surface area contributed by atoms with Gasteiger partial charge < -0.3 is 15.4 Å². The van der Waals surface area contributed by atoms with E-state index in [1.54, 1.807) is 23.1 Å². The van der Waals surface area contributed by atoms with Crippen molar-refractivity contribution in [1.29, 1.82) is 0 Å². The number of rotatable bonds is 3. The fraction of sp³-hybridized carbons (Fsp3) is 0.562. The number of halogens is 1. The first-order chi connectivity index (χ1) is 10.7. The van der Waals surface area contributed by atoms with Gasteiger partial charge in [-0.3, -0.25) is 9.69 Å². The number of hydrogen-bond acceptors (Lipinski definition) is 4. The molecule has 2 atom stereocenters. The second-order valence-electron chi connectivity index (χ2n) is 5.91. The number of nitrogens with zero attached hydrogens (tertiary/aromatic N) is 2. The number of nitrogens with two attached hydrogens (primary N) is 1. The zero-order chi connectivity index (χ0) is 15.5. The third-order valence-corrected chi connectivity index (χ3v) is 4.38. The number of likely N-dealkylation sites (tertiary alicyclic amines) is 1. The second-order valence-corrected chi connectivity index (χ2v) is 5.91. The minimum atomic E-state index is -0.588. The van der Waals surface area contributed by atoms with E-state index in [0.29, 0.717) is 45.0 Å². The molecule has 0 aromatic heterocycles. The van der Waals surface area contributed by atoms with Crippen LogP contribution < -0.4 is 5.73 Å². The van der Waals surface area contributed by atoms with Gasteiger partial charge in [0.25, 0.3) is 0 Å². The first kappa shape index (κ1) is 15.4. The van der Waals surface area contributed by atoms with Crippen molar-refractivity contribution in [2.24, 2.45) is 5.73 Å². The van der Waals surface area contributed by atoms with Crippen molar-refractivity contribution >= 4 is 5.91 Å². The Hall–Kier alpha value is -1.50. The first-order valence-electron chi connectivity index (χ1n) is 7.77. The highest BCUT2D eigenvalue weighted by Gasteiger charge is 2.36. The summed E-state index contributed by atoms with van der Waals surface area (Å²) in [7, 11) is 0. The molecule has 2 aliphatic heterocycles. The van der Waals surface area contributed by atoms with Gasteiger partial charge in [0.05, 0.1) is 13.2 Å². The van der Waals surface area contributed by atoms with Gasteiger partial charge in [0.1, 0.15) is 11.9 Å². The maximum absolute atomic E-state index is 14.3. The average molecular weight is 307 g/mol. The Kier molecular flexibility index (Phi) is 4.71. The first-order valence-corrected chi connectivity index (χ1v) is 7.77. The fourth-order valence-corrected chi connectivity index (χ4v) is 3.18. The van der Waals surface area contributed by atoms with E-state index < -0.39 is 6.04 Å². The maximum atomic E-state index is 14.3. The van der Waals surface area contributed by atoms with Gasteiger partial charge in [-0.25, -0.2) is 4.39 Å². The van der Waals surface area contributed by atoms with Gasteiger partial charge in [-0.15, -0.1) is 0 Å². The third-order valence-electron chi connectivity index (χ3n) is 4.38. The van der Waals surface area contributed by atoms with Gasteiger partial charge in [-0.2, -0.15) is 0 Å². The zero-order valence-corrected chi connectivity index (χ0v) is 12.6. The molecular formula is C16H22FN3O2. The number of hydrogen-bond donors (Lipinski definition) is 1. The number of carbonyl (C=O) groups excluding carboxylic acids is 1. The molecule has 2 saturated heterocycles. The van der Waals surface area contributed by atoms with Crippen molar-refractivity contribution in [3.8, 4) is 0 Å². The number of carbonyl (C=O) groups is 1. The molecule has 0 bridgehead atoms. The summed E-state index contributed by atoms with van der Waals surface area (Å²) in [4.78, 5) is 16.7. The number of ether oxygens (including phenoxy) is 1. The molecule has 3 rings (SSSR count). The highest BCUT2D eigenvalue weighted by molar-refractivity contribution is 5.83. The number of morpholine rings is 1. The molecule has 2 unspecified atom stereocenters. The summed E-state index contributed by atoms with van der Waals surface area (Å²) >= 11 is 0. The van der Waals surface area contributed by atoms with Gasteiger partial charge in [-0.1, -0.05) is 18.2 Å². The molecule has 0 saturated carbocycles. The summed E-state index contributed by atoms with van der Waals surface area (Å²) in [6.07, 6.45) is 0.804. The van der Waals surface area contributed by atoms with Crippen LogP contribution in [-0.2, 0) is 9.53 Å². The summed E-state index contributed by atoms with van der Waals surface area (Å²) in [5, 5.41) is 0. The molecule has 1 aromatic carbocycles. The molecule has 2 aliphatic rings. The lowest BCUT2D eigenvalue weighted by molar-refractivity contribution is -0.138. The lowest BCUT2D eigenvalue weighted by Gasteiger charge is -2.36. The van der Waals surface area contributed by atoms with Crippen LogP contribution in [0.5, 0.6) is 0 Å². The highest BCUT2D eigenvalue weighted by Crippen LogP contribution is 2.27. The van der Waals surface area contributed by atoms with Crippen molar-refractivity contribution in [2.45, 2.75) is 18.5 Å². The molecule has 0 radical (unpaired) electrons. The van der Waals surface area contributed by atoms with Crippen LogP contribution >= 0.6 is 0 Å². The molecule has 6 heteroatoms. The van der Waals surface area contributed by atoms with Crippen LogP contribution in [0.4, 0.5) is 4.39 Å². The predicted molar refractivity (Wildman–Crippen MR) is 80.7 cm³/mol.